The molecule has 2 fully saturated rings. The van der Waals surface area contributed by atoms with Crippen molar-refractivity contribution in [1.82, 2.24) is 9.80 Å². The Morgan fingerprint density at radius 1 is 1.08 bits per heavy atom. The maximum Gasteiger partial charge on any atom is 0.410 e. The van der Waals surface area contributed by atoms with Gasteiger partial charge in [0.05, 0.1) is 5.92 Å². The Hall–Kier alpha value is -1.30. The van der Waals surface area contributed by atoms with Crippen molar-refractivity contribution in [1.29, 1.82) is 0 Å². The maximum atomic E-state index is 12.5. The molecule has 0 saturated carbocycles. The predicted octanol–water partition coefficient (Wildman–Crippen LogP) is 2.96. The Balaban J connectivity index is 2.16. The van der Waals surface area contributed by atoms with Crippen LogP contribution in [0.2, 0.25) is 0 Å². The van der Waals surface area contributed by atoms with Crippen LogP contribution in [0.1, 0.15) is 60.3 Å². The van der Waals surface area contributed by atoms with Gasteiger partial charge in [0.2, 0.25) is 0 Å². The van der Waals surface area contributed by atoms with E-state index in [4.69, 9.17) is 4.74 Å². The number of rotatable bonds is 2. The predicted molar refractivity (Wildman–Crippen MR) is 92.0 cm³/mol. The fourth-order valence-corrected chi connectivity index (χ4v) is 4.10. The number of nitrogens with zero attached hydrogens (tertiary/aromatic N) is 2. The van der Waals surface area contributed by atoms with Crippen LogP contribution in [0.5, 0.6) is 0 Å². The lowest BCUT2D eigenvalue weighted by molar-refractivity contribution is -0.145. The highest BCUT2D eigenvalue weighted by Crippen LogP contribution is 2.31. The van der Waals surface area contributed by atoms with Crippen LogP contribution in [0, 0.1) is 5.92 Å². The van der Waals surface area contributed by atoms with Gasteiger partial charge in [0.25, 0.3) is 0 Å². The molecule has 6 nitrogen and oxygen atoms in total. The van der Waals surface area contributed by atoms with E-state index in [0.29, 0.717) is 25.0 Å². The van der Waals surface area contributed by atoms with Crippen molar-refractivity contribution in [2.75, 3.05) is 13.1 Å². The van der Waals surface area contributed by atoms with Crippen molar-refractivity contribution in [3.05, 3.63) is 0 Å². The third kappa shape index (κ3) is 4.62. The summed E-state index contributed by atoms with van der Waals surface area (Å²) >= 11 is 0. The molecule has 0 aromatic heterocycles. The summed E-state index contributed by atoms with van der Waals surface area (Å²) in [6.07, 6.45) is 3.67. The number of ether oxygens (including phenoxy) is 1. The number of likely N-dealkylation sites (tertiary alicyclic amines) is 2. The summed E-state index contributed by atoms with van der Waals surface area (Å²) < 4.78 is 5.47. The number of carbonyl (C=O) groups excluding carboxylic acids is 1. The lowest BCUT2D eigenvalue weighted by Crippen LogP contribution is -2.59. The van der Waals surface area contributed by atoms with Crippen LogP contribution in [-0.4, -0.2) is 63.8 Å². The van der Waals surface area contributed by atoms with E-state index in [2.05, 4.69) is 18.7 Å². The fraction of sp³-hybridized carbons (Fsp3) is 0.889. The van der Waals surface area contributed by atoms with Crippen molar-refractivity contribution in [2.45, 2.75) is 84.0 Å². The lowest BCUT2D eigenvalue weighted by Gasteiger charge is -2.48. The molecule has 2 saturated heterocycles. The van der Waals surface area contributed by atoms with E-state index >= 15 is 0 Å². The lowest BCUT2D eigenvalue weighted by atomic mass is 9.88. The van der Waals surface area contributed by atoms with E-state index in [9.17, 15) is 14.7 Å². The number of amides is 1. The van der Waals surface area contributed by atoms with Gasteiger partial charge >= 0.3 is 12.1 Å². The second-order valence-corrected chi connectivity index (χ2v) is 8.39. The molecule has 1 amide bonds. The van der Waals surface area contributed by atoms with E-state index in [1.807, 2.05) is 20.8 Å². The molecule has 0 bridgehead atoms. The van der Waals surface area contributed by atoms with Crippen molar-refractivity contribution < 1.29 is 19.4 Å². The summed E-state index contributed by atoms with van der Waals surface area (Å²) in [4.78, 5) is 28.1. The molecular weight excluding hydrogens is 308 g/mol. The molecule has 6 heteroatoms. The maximum absolute atomic E-state index is 12.5. The number of hydrogen-bond acceptors (Lipinski definition) is 4. The minimum Gasteiger partial charge on any atom is -0.481 e. The van der Waals surface area contributed by atoms with E-state index in [1.54, 1.807) is 4.90 Å². The minimum absolute atomic E-state index is 0.0812. The molecule has 2 rings (SSSR count). The van der Waals surface area contributed by atoms with Gasteiger partial charge < -0.3 is 14.7 Å². The molecule has 0 aliphatic carbocycles. The molecule has 2 aliphatic heterocycles. The number of aliphatic carboxylic acids is 1. The monoisotopic (exact) mass is 340 g/mol. The standard InChI is InChI=1S/C18H32N2O4/c1-12-7-6-8-13(2)20(12)15-9-14(16(21)22)10-19(11-15)17(23)24-18(3,4)5/h12-15H,6-11H2,1-5H3,(H,21,22)/t12-,13+,14-,15-/m1/s1. The van der Waals surface area contributed by atoms with Gasteiger partial charge in [-0.05, 0) is 53.9 Å². The average Bonchev–Trinajstić information content (AvgIpc) is 2.45. The summed E-state index contributed by atoms with van der Waals surface area (Å²) in [6, 6.07) is 0.927. The molecule has 0 aromatic rings. The smallest absolute Gasteiger partial charge is 0.410 e. The third-order valence-corrected chi connectivity index (χ3v) is 5.11. The Labute approximate surface area is 145 Å². The van der Waals surface area contributed by atoms with Crippen molar-refractivity contribution in [3.63, 3.8) is 0 Å². The van der Waals surface area contributed by atoms with Crippen LogP contribution in [-0.2, 0) is 9.53 Å². The Morgan fingerprint density at radius 3 is 2.17 bits per heavy atom. The van der Waals surface area contributed by atoms with Gasteiger partial charge in [-0.2, -0.15) is 0 Å². The molecule has 138 valence electrons. The van der Waals surface area contributed by atoms with Gasteiger partial charge in [0.15, 0.2) is 0 Å². The second kappa shape index (κ2) is 7.30. The SMILES string of the molecule is C[C@@H]1CCC[C@H](C)N1[C@@H]1C[C@@H](C(=O)O)CN(C(=O)OC(C)(C)C)C1. The normalized spacial score (nSPS) is 32.5. The number of hydrogen-bond donors (Lipinski definition) is 1. The second-order valence-electron chi connectivity index (χ2n) is 8.39. The summed E-state index contributed by atoms with van der Waals surface area (Å²) in [7, 11) is 0. The Kier molecular flexibility index (Phi) is 5.78. The highest BCUT2D eigenvalue weighted by molar-refractivity contribution is 5.73. The molecule has 0 spiro atoms. The zero-order valence-electron chi connectivity index (χ0n) is 15.6. The summed E-state index contributed by atoms with van der Waals surface area (Å²) in [6.45, 7) is 10.7. The molecule has 24 heavy (non-hydrogen) atoms. The van der Waals surface area contributed by atoms with Gasteiger partial charge in [-0.3, -0.25) is 9.69 Å². The van der Waals surface area contributed by atoms with E-state index < -0.39 is 23.6 Å². The molecule has 1 N–H and O–H groups in total. The van der Waals surface area contributed by atoms with Crippen LogP contribution in [0.3, 0.4) is 0 Å². The summed E-state index contributed by atoms with van der Waals surface area (Å²) in [5.41, 5.74) is -0.575. The molecule has 2 aliphatic rings. The number of carboxylic acids is 1. The minimum atomic E-state index is -0.828. The van der Waals surface area contributed by atoms with Crippen LogP contribution in [0.4, 0.5) is 4.79 Å². The van der Waals surface area contributed by atoms with Crippen molar-refractivity contribution in [2.24, 2.45) is 5.92 Å². The van der Waals surface area contributed by atoms with Crippen LogP contribution < -0.4 is 0 Å². The van der Waals surface area contributed by atoms with E-state index in [1.165, 1.54) is 6.42 Å². The molecule has 4 atom stereocenters. The third-order valence-electron chi connectivity index (χ3n) is 5.11. The number of piperidine rings is 2. The van der Waals surface area contributed by atoms with Crippen LogP contribution >= 0.6 is 0 Å². The average molecular weight is 340 g/mol. The first kappa shape index (κ1) is 19.0. The highest BCUT2D eigenvalue weighted by Gasteiger charge is 2.41. The molecule has 0 radical (unpaired) electrons. The highest BCUT2D eigenvalue weighted by atomic mass is 16.6. The van der Waals surface area contributed by atoms with E-state index in [-0.39, 0.29) is 12.6 Å². The first-order valence-corrected chi connectivity index (χ1v) is 9.06. The van der Waals surface area contributed by atoms with E-state index in [0.717, 1.165) is 12.8 Å². The van der Waals surface area contributed by atoms with Gasteiger partial charge in [0.1, 0.15) is 5.60 Å². The summed E-state index contributed by atoms with van der Waals surface area (Å²) in [5.74, 6) is -1.36. The van der Waals surface area contributed by atoms with Gasteiger partial charge in [-0.15, -0.1) is 0 Å². The first-order chi connectivity index (χ1) is 11.1. The molecular formula is C18H32N2O4. The molecule has 2 heterocycles. The topological polar surface area (TPSA) is 70.1 Å². The molecule has 0 aromatic carbocycles. The molecule has 0 unspecified atom stereocenters. The van der Waals surface area contributed by atoms with Crippen LogP contribution in [0.15, 0.2) is 0 Å². The largest absolute Gasteiger partial charge is 0.481 e. The number of carbonyl (C=O) groups is 2. The Bertz CT molecular complexity index is 464. The summed E-state index contributed by atoms with van der Waals surface area (Å²) in [5, 5.41) is 9.52. The van der Waals surface area contributed by atoms with Crippen LogP contribution in [0.25, 0.3) is 0 Å². The zero-order valence-corrected chi connectivity index (χ0v) is 15.6. The van der Waals surface area contributed by atoms with Crippen molar-refractivity contribution in [3.8, 4) is 0 Å². The first-order valence-electron chi connectivity index (χ1n) is 9.06. The zero-order chi connectivity index (χ0) is 18.1. The number of carboxylic acid groups (broad SMARTS) is 1. The fourth-order valence-electron chi connectivity index (χ4n) is 4.10. The van der Waals surface area contributed by atoms with Gasteiger partial charge in [-0.25, -0.2) is 4.79 Å². The Morgan fingerprint density at radius 2 is 1.67 bits per heavy atom. The van der Waals surface area contributed by atoms with Gasteiger partial charge in [-0.1, -0.05) is 6.42 Å². The quantitative estimate of drug-likeness (QED) is 0.837. The van der Waals surface area contributed by atoms with Crippen molar-refractivity contribution >= 4 is 12.1 Å². The van der Waals surface area contributed by atoms with Gasteiger partial charge in [0, 0.05) is 31.2 Å².